The van der Waals surface area contributed by atoms with Gasteiger partial charge in [-0.25, -0.2) is 4.57 Å². The smallest absolute Gasteiger partial charge is 0.463 e. The third-order valence-electron chi connectivity index (χ3n) is 11.7. The molecule has 3 N–H and O–H groups in total. The van der Waals surface area contributed by atoms with Crippen LogP contribution in [0.5, 0.6) is 0 Å². The normalized spacial score (nSPS) is 13.6. The van der Waals surface area contributed by atoms with Crippen LogP contribution in [0.25, 0.3) is 0 Å². The Hall–Kier alpha value is -2.29. The van der Waals surface area contributed by atoms with Crippen LogP contribution in [-0.2, 0) is 27.9 Å². The van der Waals surface area contributed by atoms with Gasteiger partial charge in [0.15, 0.2) is 0 Å². The topological polar surface area (TPSA) is 131 Å². The number of aliphatic hydroxyl groups excluding tert-OH is 1. The largest absolute Gasteiger partial charge is 0.472 e. The highest BCUT2D eigenvalue weighted by atomic mass is 31.2. The lowest BCUT2D eigenvalue weighted by atomic mass is 10.0. The number of ether oxygens (including phenoxy) is 1. The summed E-state index contributed by atoms with van der Waals surface area (Å²) in [5.41, 5.74) is 0. The summed E-state index contributed by atoms with van der Waals surface area (Å²) in [6, 6.07) is 0. The van der Waals surface area contributed by atoms with Gasteiger partial charge in [-0.1, -0.05) is 242 Å². The van der Waals surface area contributed by atoms with E-state index in [9.17, 15) is 24.2 Å². The second-order valence-corrected chi connectivity index (χ2v) is 19.6. The van der Waals surface area contributed by atoms with Crippen LogP contribution in [0.3, 0.4) is 0 Å². The number of carbonyl (C=O) groups excluding carboxylic acids is 2. The van der Waals surface area contributed by atoms with Crippen molar-refractivity contribution in [2.75, 3.05) is 26.4 Å². The molecule has 0 radical (unpaired) electrons. The fourth-order valence-corrected chi connectivity index (χ4v) is 8.40. The van der Waals surface area contributed by atoms with E-state index in [-0.39, 0.29) is 32.1 Å². The van der Waals surface area contributed by atoms with Crippen molar-refractivity contribution in [1.29, 1.82) is 0 Å². The molecule has 0 saturated heterocycles. The maximum atomic E-state index is 12.2. The number of aliphatic hydroxyl groups is 1. The Kier molecular flexibility index (Phi) is 50.3. The van der Waals surface area contributed by atoms with Crippen molar-refractivity contribution >= 4 is 19.7 Å². The van der Waals surface area contributed by atoms with Crippen LogP contribution in [0.2, 0.25) is 0 Å². The zero-order chi connectivity index (χ0) is 48.1. The summed E-state index contributed by atoms with van der Waals surface area (Å²) in [7, 11) is -4.43. The predicted molar refractivity (Wildman–Crippen MR) is 280 cm³/mol. The van der Waals surface area contributed by atoms with Gasteiger partial charge in [0.05, 0.1) is 13.2 Å². The number of esters is 1. The molecule has 0 aliphatic carbocycles. The summed E-state index contributed by atoms with van der Waals surface area (Å²) in [4.78, 5) is 34.1. The van der Waals surface area contributed by atoms with Gasteiger partial charge in [-0.2, -0.15) is 0 Å². The molecule has 0 heterocycles. The van der Waals surface area contributed by atoms with Gasteiger partial charge in [-0.3, -0.25) is 18.6 Å². The molecular weight excluding hydrogens is 846 g/mol. The minimum atomic E-state index is -4.43. The molecule has 10 heteroatoms. The SMILES string of the molecule is CC/C=C\C/C=C\C/C=C\C/C=C\C/C=C\CCCCCCCCCC(=O)NCCOP(=O)(O)OCC(O)COC(=O)CCCCCCCCCCCCCCCCCCCCCCCC. The standard InChI is InChI=1S/C56H102NO8P/c1-3-5-7-9-11-13-15-17-19-21-23-25-27-28-30-32-34-36-38-40-42-44-46-48-55(59)57-50-51-64-66(61,62)65-53-54(58)52-63-56(60)49-47-45-43-41-39-37-35-33-31-29-26-24-22-20-18-16-14-12-10-8-6-4-2/h5,7,11,13,17,19,23,25,28,30,54,58H,3-4,6,8-10,12,14-16,18,20-22,24,26-27,29,31-53H2,1-2H3,(H,57,59)(H,61,62)/b7-5-,13-11-,19-17-,25-23-,30-28-. The van der Waals surface area contributed by atoms with Crippen molar-refractivity contribution in [3.8, 4) is 0 Å². The van der Waals surface area contributed by atoms with E-state index >= 15 is 0 Å². The minimum absolute atomic E-state index is 0.0738. The summed E-state index contributed by atoms with van der Waals surface area (Å²) >= 11 is 0. The third-order valence-corrected chi connectivity index (χ3v) is 12.7. The fraction of sp³-hybridized carbons (Fsp3) is 0.786. The van der Waals surface area contributed by atoms with Crippen molar-refractivity contribution in [2.24, 2.45) is 0 Å². The lowest BCUT2D eigenvalue weighted by Crippen LogP contribution is -2.27. The van der Waals surface area contributed by atoms with Gasteiger partial charge in [-0.05, 0) is 57.8 Å². The van der Waals surface area contributed by atoms with Gasteiger partial charge >= 0.3 is 13.8 Å². The van der Waals surface area contributed by atoms with E-state index in [0.29, 0.717) is 6.42 Å². The number of unbranched alkanes of at least 4 members (excludes halogenated alkanes) is 28. The zero-order valence-corrected chi connectivity index (χ0v) is 43.5. The molecule has 9 nitrogen and oxygen atoms in total. The van der Waals surface area contributed by atoms with Crippen molar-refractivity contribution in [2.45, 2.75) is 258 Å². The van der Waals surface area contributed by atoms with Crippen LogP contribution in [0, 0.1) is 0 Å². The van der Waals surface area contributed by atoms with Crippen LogP contribution in [0.1, 0.15) is 251 Å². The number of carbonyl (C=O) groups is 2. The Morgan fingerprint density at radius 2 is 0.864 bits per heavy atom. The van der Waals surface area contributed by atoms with Gasteiger partial charge in [-0.15, -0.1) is 0 Å². The first-order chi connectivity index (χ1) is 32.3. The number of amides is 1. The molecule has 1 amide bonds. The van der Waals surface area contributed by atoms with E-state index in [0.717, 1.165) is 77.0 Å². The maximum Gasteiger partial charge on any atom is 0.472 e. The molecule has 0 aromatic carbocycles. The van der Waals surface area contributed by atoms with Crippen molar-refractivity contribution < 1.29 is 37.9 Å². The Balaban J connectivity index is 3.56. The summed E-state index contributed by atoms with van der Waals surface area (Å²) in [6.07, 6.45) is 64.5. The monoisotopic (exact) mass is 948 g/mol. The molecule has 0 saturated carbocycles. The lowest BCUT2D eigenvalue weighted by molar-refractivity contribution is -0.147. The van der Waals surface area contributed by atoms with E-state index in [2.05, 4.69) is 79.9 Å². The van der Waals surface area contributed by atoms with E-state index in [4.69, 9.17) is 13.8 Å². The van der Waals surface area contributed by atoms with Crippen molar-refractivity contribution in [3.63, 3.8) is 0 Å². The molecule has 0 aliphatic heterocycles. The molecular formula is C56H102NO8P. The third kappa shape index (κ3) is 52.7. The van der Waals surface area contributed by atoms with Crippen molar-refractivity contribution in [3.05, 3.63) is 60.8 Å². The molecule has 0 rings (SSSR count). The molecule has 66 heavy (non-hydrogen) atoms. The second kappa shape index (κ2) is 52.1. The summed E-state index contributed by atoms with van der Waals surface area (Å²) < 4.78 is 27.0. The molecule has 384 valence electrons. The van der Waals surface area contributed by atoms with E-state index in [1.165, 1.54) is 148 Å². The van der Waals surface area contributed by atoms with Gasteiger partial charge in [0.25, 0.3) is 0 Å². The van der Waals surface area contributed by atoms with Crippen LogP contribution in [0.4, 0.5) is 0 Å². The Labute approximate surface area is 406 Å². The number of phosphoric acid groups is 1. The number of hydrogen-bond donors (Lipinski definition) is 3. The minimum Gasteiger partial charge on any atom is -0.463 e. The second-order valence-electron chi connectivity index (χ2n) is 18.2. The van der Waals surface area contributed by atoms with E-state index in [1.54, 1.807) is 0 Å². The lowest BCUT2D eigenvalue weighted by Gasteiger charge is -2.15. The van der Waals surface area contributed by atoms with Crippen molar-refractivity contribution in [1.82, 2.24) is 5.32 Å². The quantitative estimate of drug-likeness (QED) is 0.0238. The molecule has 2 atom stereocenters. The summed E-state index contributed by atoms with van der Waals surface area (Å²) in [6.45, 7) is 3.47. The predicted octanol–water partition coefficient (Wildman–Crippen LogP) is 16.4. The molecule has 0 aliphatic rings. The first-order valence-electron chi connectivity index (χ1n) is 27.3. The number of rotatable bonds is 51. The molecule has 2 unspecified atom stereocenters. The molecule has 0 aromatic rings. The number of phosphoric ester groups is 1. The van der Waals surface area contributed by atoms with Crippen LogP contribution in [-0.4, -0.2) is 54.3 Å². The number of hydrogen-bond acceptors (Lipinski definition) is 7. The number of nitrogens with one attached hydrogen (secondary N) is 1. The van der Waals surface area contributed by atoms with E-state index in [1.807, 2.05) is 0 Å². The van der Waals surface area contributed by atoms with Gasteiger partial charge in [0.2, 0.25) is 5.91 Å². The highest BCUT2D eigenvalue weighted by Crippen LogP contribution is 2.42. The van der Waals surface area contributed by atoms with Crippen LogP contribution in [0.15, 0.2) is 60.8 Å². The zero-order valence-electron chi connectivity index (χ0n) is 42.6. The average Bonchev–Trinajstić information content (AvgIpc) is 3.31. The highest BCUT2D eigenvalue weighted by molar-refractivity contribution is 7.47. The summed E-state index contributed by atoms with van der Waals surface area (Å²) in [5, 5.41) is 12.8. The maximum absolute atomic E-state index is 12.2. The average molecular weight is 948 g/mol. The molecule has 0 fully saturated rings. The Morgan fingerprint density at radius 3 is 1.30 bits per heavy atom. The highest BCUT2D eigenvalue weighted by Gasteiger charge is 2.23. The first kappa shape index (κ1) is 63.7. The molecule has 0 aromatic heterocycles. The van der Waals surface area contributed by atoms with Crippen LogP contribution < -0.4 is 5.32 Å². The Morgan fingerprint density at radius 1 is 0.485 bits per heavy atom. The molecule has 0 spiro atoms. The fourth-order valence-electron chi connectivity index (χ4n) is 7.65. The van der Waals surface area contributed by atoms with Gasteiger partial charge in [0.1, 0.15) is 12.7 Å². The van der Waals surface area contributed by atoms with Gasteiger partial charge in [0, 0.05) is 19.4 Å². The molecule has 0 bridgehead atoms. The Bertz CT molecular complexity index is 1260. The first-order valence-corrected chi connectivity index (χ1v) is 28.8. The van der Waals surface area contributed by atoms with Crippen LogP contribution >= 0.6 is 7.82 Å². The van der Waals surface area contributed by atoms with E-state index < -0.39 is 26.5 Å². The number of allylic oxidation sites excluding steroid dienone is 10. The summed E-state index contributed by atoms with van der Waals surface area (Å²) in [5.74, 6) is -0.521. The van der Waals surface area contributed by atoms with Gasteiger partial charge < -0.3 is 20.1 Å².